The Labute approximate surface area is 235 Å². The fraction of sp³-hybridized carbons (Fsp3) is 0.469. The van der Waals surface area contributed by atoms with Crippen molar-refractivity contribution in [1.82, 2.24) is 4.90 Å². The van der Waals surface area contributed by atoms with Crippen molar-refractivity contribution in [1.29, 1.82) is 0 Å². The number of nitrogens with zero attached hydrogens (tertiary/aromatic N) is 2. The van der Waals surface area contributed by atoms with E-state index in [2.05, 4.69) is 6.58 Å². The third kappa shape index (κ3) is 4.43. The molecule has 8 nitrogen and oxygen atoms in total. The van der Waals surface area contributed by atoms with E-state index in [1.807, 2.05) is 62.4 Å². The third-order valence-corrected chi connectivity index (χ3v) is 8.74. The number of carbonyl (C=O) groups is 3. The molecule has 3 aliphatic rings. The van der Waals surface area contributed by atoms with Crippen LogP contribution < -0.4 is 4.90 Å². The molecule has 0 aliphatic carbocycles. The fourth-order valence-electron chi connectivity index (χ4n) is 7.21. The SMILES string of the molecule is C=CCN(C(=O)C1N([C@@H](CO)Cc2ccccc2)C(=O)[C@@H]2[C@@H](C(=O)OCC)[C@H]3CCC12O3)c1c(C)cccc1C. The number of aliphatic hydroxyl groups is 1. The molecule has 3 fully saturated rings. The lowest BCUT2D eigenvalue weighted by atomic mass is 9.70. The van der Waals surface area contributed by atoms with Gasteiger partial charge in [0.15, 0.2) is 0 Å². The monoisotopic (exact) mass is 546 g/mol. The molecule has 3 heterocycles. The summed E-state index contributed by atoms with van der Waals surface area (Å²) in [7, 11) is 0. The molecular formula is C32H38N2O6. The highest BCUT2D eigenvalue weighted by molar-refractivity contribution is 6.05. The first-order chi connectivity index (χ1) is 19.3. The normalized spacial score (nSPS) is 27.4. The number of amides is 2. The number of benzene rings is 2. The Morgan fingerprint density at radius 3 is 2.52 bits per heavy atom. The molecule has 1 N–H and O–H groups in total. The molecule has 2 aromatic rings. The summed E-state index contributed by atoms with van der Waals surface area (Å²) in [6.07, 6.45) is 2.56. The van der Waals surface area contributed by atoms with Gasteiger partial charge < -0.3 is 24.4 Å². The summed E-state index contributed by atoms with van der Waals surface area (Å²) in [5, 5.41) is 10.6. The van der Waals surface area contributed by atoms with E-state index in [-0.39, 0.29) is 31.6 Å². The number of aliphatic hydroxyl groups excluding tert-OH is 1. The average molecular weight is 547 g/mol. The highest BCUT2D eigenvalue weighted by atomic mass is 16.6. The number of esters is 1. The predicted octanol–water partition coefficient (Wildman–Crippen LogP) is 3.36. The molecule has 3 saturated heterocycles. The second-order valence-corrected chi connectivity index (χ2v) is 11.1. The molecule has 1 spiro atoms. The van der Waals surface area contributed by atoms with Crippen LogP contribution in [0.2, 0.25) is 0 Å². The second-order valence-electron chi connectivity index (χ2n) is 11.1. The number of aryl methyl sites for hydroxylation is 2. The minimum absolute atomic E-state index is 0.189. The Kier molecular flexibility index (Phi) is 7.84. The van der Waals surface area contributed by atoms with E-state index >= 15 is 0 Å². The maximum atomic E-state index is 14.8. The van der Waals surface area contributed by atoms with Crippen molar-refractivity contribution >= 4 is 23.5 Å². The standard InChI is InChI=1S/C32H38N2O6/c1-5-17-33(27-20(3)11-10-12-21(27)4)30(37)28-32-16-15-24(40-32)25(31(38)39-6-2)26(32)29(36)34(28)23(19-35)18-22-13-8-7-9-14-22/h5,7-14,23-26,28,35H,1,6,15-19H2,2-4H3/t23-,24-,25+,26+,28?,32?/m1/s1. The van der Waals surface area contributed by atoms with Crippen LogP contribution in [0.15, 0.2) is 61.2 Å². The van der Waals surface area contributed by atoms with Crippen molar-refractivity contribution in [2.45, 2.75) is 63.8 Å². The van der Waals surface area contributed by atoms with Gasteiger partial charge in [0.05, 0.1) is 37.2 Å². The van der Waals surface area contributed by atoms with E-state index < -0.39 is 41.6 Å². The first-order valence-electron chi connectivity index (χ1n) is 14.1. The van der Waals surface area contributed by atoms with Gasteiger partial charge in [0.2, 0.25) is 5.91 Å². The summed E-state index contributed by atoms with van der Waals surface area (Å²) in [4.78, 5) is 45.5. The highest BCUT2D eigenvalue weighted by Crippen LogP contribution is 2.59. The topological polar surface area (TPSA) is 96.4 Å². The predicted molar refractivity (Wildman–Crippen MR) is 151 cm³/mol. The quantitative estimate of drug-likeness (QED) is 0.363. The number of para-hydroxylation sites is 1. The number of carbonyl (C=O) groups excluding carboxylic acids is 3. The number of fused-ring (bicyclic) bond motifs is 1. The smallest absolute Gasteiger partial charge is 0.312 e. The van der Waals surface area contributed by atoms with E-state index in [0.717, 1.165) is 22.4 Å². The van der Waals surface area contributed by atoms with E-state index in [4.69, 9.17) is 9.47 Å². The molecule has 2 aromatic carbocycles. The first kappa shape index (κ1) is 28.1. The Morgan fingerprint density at radius 1 is 1.20 bits per heavy atom. The van der Waals surface area contributed by atoms with E-state index in [0.29, 0.717) is 19.3 Å². The van der Waals surface area contributed by atoms with Crippen LogP contribution in [0.1, 0.15) is 36.5 Å². The van der Waals surface area contributed by atoms with Gasteiger partial charge in [0.25, 0.3) is 5.91 Å². The maximum absolute atomic E-state index is 14.8. The Bertz CT molecular complexity index is 1280. The van der Waals surface area contributed by atoms with Crippen LogP contribution in [-0.4, -0.2) is 71.3 Å². The molecule has 0 saturated carbocycles. The van der Waals surface area contributed by atoms with Crippen molar-refractivity contribution in [3.05, 3.63) is 77.9 Å². The minimum Gasteiger partial charge on any atom is -0.466 e. The van der Waals surface area contributed by atoms with E-state index in [1.165, 1.54) is 4.90 Å². The van der Waals surface area contributed by atoms with Gasteiger partial charge in [-0.2, -0.15) is 0 Å². The first-order valence-corrected chi connectivity index (χ1v) is 14.1. The average Bonchev–Trinajstić information content (AvgIpc) is 3.59. The summed E-state index contributed by atoms with van der Waals surface area (Å²) in [5.41, 5.74) is 2.35. The summed E-state index contributed by atoms with van der Waals surface area (Å²) < 4.78 is 11.9. The number of anilines is 1. The van der Waals surface area contributed by atoms with Crippen molar-refractivity contribution in [2.24, 2.45) is 11.8 Å². The molecule has 212 valence electrons. The van der Waals surface area contributed by atoms with Gasteiger partial charge in [-0.15, -0.1) is 6.58 Å². The molecule has 0 radical (unpaired) electrons. The zero-order chi connectivity index (χ0) is 28.6. The summed E-state index contributed by atoms with van der Waals surface area (Å²) in [5.74, 6) is -2.75. The zero-order valence-electron chi connectivity index (χ0n) is 23.4. The summed E-state index contributed by atoms with van der Waals surface area (Å²) in [6, 6.07) is 13.7. The van der Waals surface area contributed by atoms with Gasteiger partial charge in [0, 0.05) is 12.2 Å². The van der Waals surface area contributed by atoms with Crippen LogP contribution in [-0.2, 0) is 30.3 Å². The van der Waals surface area contributed by atoms with Crippen LogP contribution in [0.3, 0.4) is 0 Å². The summed E-state index contributed by atoms with van der Waals surface area (Å²) in [6.45, 7) is 9.61. The zero-order valence-corrected chi connectivity index (χ0v) is 23.4. The van der Waals surface area contributed by atoms with Gasteiger partial charge in [-0.1, -0.05) is 54.6 Å². The number of hydrogen-bond acceptors (Lipinski definition) is 6. The summed E-state index contributed by atoms with van der Waals surface area (Å²) >= 11 is 0. The molecule has 3 aliphatic heterocycles. The molecule has 8 heteroatoms. The number of hydrogen-bond donors (Lipinski definition) is 1. The van der Waals surface area contributed by atoms with Crippen LogP contribution >= 0.6 is 0 Å². The number of likely N-dealkylation sites (tertiary alicyclic amines) is 1. The lowest BCUT2D eigenvalue weighted by Gasteiger charge is -2.40. The number of rotatable bonds is 10. The van der Waals surface area contributed by atoms with Gasteiger partial charge >= 0.3 is 5.97 Å². The van der Waals surface area contributed by atoms with Gasteiger partial charge in [-0.25, -0.2) is 0 Å². The largest absolute Gasteiger partial charge is 0.466 e. The Morgan fingerprint density at radius 2 is 1.90 bits per heavy atom. The molecule has 2 amide bonds. The molecule has 6 atom stereocenters. The van der Waals surface area contributed by atoms with E-state index in [9.17, 15) is 19.5 Å². The Hall–Kier alpha value is -3.49. The van der Waals surface area contributed by atoms with Crippen molar-refractivity contribution in [3.63, 3.8) is 0 Å². The second kappa shape index (κ2) is 11.2. The molecule has 0 aromatic heterocycles. The van der Waals surface area contributed by atoms with Crippen molar-refractivity contribution in [2.75, 3.05) is 24.7 Å². The van der Waals surface area contributed by atoms with Gasteiger partial charge in [0.1, 0.15) is 11.6 Å². The lowest BCUT2D eigenvalue weighted by Crippen LogP contribution is -2.59. The van der Waals surface area contributed by atoms with Crippen molar-refractivity contribution in [3.8, 4) is 0 Å². The Balaban J connectivity index is 1.63. The van der Waals surface area contributed by atoms with Crippen LogP contribution in [0.25, 0.3) is 0 Å². The molecule has 5 rings (SSSR count). The lowest BCUT2D eigenvalue weighted by molar-refractivity contribution is -0.155. The molecule has 2 bridgehead atoms. The molecule has 2 unspecified atom stereocenters. The van der Waals surface area contributed by atoms with Crippen LogP contribution in [0.5, 0.6) is 0 Å². The van der Waals surface area contributed by atoms with Crippen LogP contribution in [0, 0.1) is 25.7 Å². The van der Waals surface area contributed by atoms with Gasteiger partial charge in [-0.3, -0.25) is 14.4 Å². The highest BCUT2D eigenvalue weighted by Gasteiger charge is 2.75. The third-order valence-electron chi connectivity index (χ3n) is 8.74. The minimum atomic E-state index is -1.18. The number of ether oxygens (including phenoxy) is 2. The van der Waals surface area contributed by atoms with Crippen LogP contribution in [0.4, 0.5) is 5.69 Å². The fourth-order valence-corrected chi connectivity index (χ4v) is 7.21. The molecular weight excluding hydrogens is 508 g/mol. The maximum Gasteiger partial charge on any atom is 0.312 e. The molecule has 40 heavy (non-hydrogen) atoms. The van der Waals surface area contributed by atoms with E-state index in [1.54, 1.807) is 17.9 Å². The van der Waals surface area contributed by atoms with Crippen molar-refractivity contribution < 1.29 is 29.0 Å². The van der Waals surface area contributed by atoms with Gasteiger partial charge in [-0.05, 0) is 56.7 Å².